The van der Waals surface area contributed by atoms with Crippen molar-refractivity contribution in [1.29, 1.82) is 0 Å². The summed E-state index contributed by atoms with van der Waals surface area (Å²) in [6.45, 7) is 0.685. The van der Waals surface area contributed by atoms with E-state index in [-0.39, 0.29) is 5.82 Å². The van der Waals surface area contributed by atoms with Crippen LogP contribution in [0.25, 0.3) is 5.69 Å². The predicted octanol–water partition coefficient (Wildman–Crippen LogP) is 1.73. The van der Waals surface area contributed by atoms with Crippen LogP contribution in [0.3, 0.4) is 0 Å². The Morgan fingerprint density at radius 1 is 1.33 bits per heavy atom. The van der Waals surface area contributed by atoms with E-state index in [0.717, 1.165) is 11.5 Å². The maximum atomic E-state index is 12.7. The summed E-state index contributed by atoms with van der Waals surface area (Å²) in [6.07, 6.45) is 3.59. The molecule has 0 amide bonds. The number of rotatable bonds is 3. The van der Waals surface area contributed by atoms with E-state index >= 15 is 0 Å². The Balaban J connectivity index is 2.36. The summed E-state index contributed by atoms with van der Waals surface area (Å²) >= 11 is 0. The van der Waals surface area contributed by atoms with Crippen LogP contribution >= 0.6 is 0 Å². The summed E-state index contributed by atoms with van der Waals surface area (Å²) in [5.74, 6) is 0.679. The molecular formula is C11H12FN3. The normalized spacial score (nSPS) is 10.5. The number of hydrogen-bond acceptors (Lipinski definition) is 2. The van der Waals surface area contributed by atoms with Crippen molar-refractivity contribution in [3.63, 3.8) is 0 Å². The molecule has 15 heavy (non-hydrogen) atoms. The van der Waals surface area contributed by atoms with Gasteiger partial charge >= 0.3 is 0 Å². The van der Waals surface area contributed by atoms with Gasteiger partial charge in [-0.3, -0.25) is 0 Å². The number of aromatic nitrogens is 2. The Morgan fingerprint density at radius 3 is 2.73 bits per heavy atom. The molecule has 0 fully saturated rings. The molecular weight excluding hydrogens is 193 g/mol. The molecule has 0 bridgehead atoms. The fraction of sp³-hybridized carbons (Fsp3) is 0.182. The molecule has 0 atom stereocenters. The third-order valence-electron chi connectivity index (χ3n) is 2.16. The van der Waals surface area contributed by atoms with Gasteiger partial charge in [0.05, 0.1) is 6.54 Å². The third-order valence-corrected chi connectivity index (χ3v) is 2.16. The van der Waals surface area contributed by atoms with Crippen molar-refractivity contribution in [2.45, 2.75) is 6.54 Å². The van der Waals surface area contributed by atoms with Crippen LogP contribution < -0.4 is 5.32 Å². The summed E-state index contributed by atoms with van der Waals surface area (Å²) < 4.78 is 14.7. The van der Waals surface area contributed by atoms with Gasteiger partial charge in [-0.15, -0.1) is 0 Å². The second-order valence-electron chi connectivity index (χ2n) is 3.22. The Bertz CT molecular complexity index is 433. The predicted molar refractivity (Wildman–Crippen MR) is 56.3 cm³/mol. The third kappa shape index (κ3) is 2.05. The molecule has 0 radical (unpaired) electrons. The number of benzene rings is 1. The van der Waals surface area contributed by atoms with E-state index in [1.165, 1.54) is 12.1 Å². The van der Waals surface area contributed by atoms with E-state index in [1.807, 2.05) is 17.8 Å². The van der Waals surface area contributed by atoms with Gasteiger partial charge in [0.25, 0.3) is 0 Å². The Labute approximate surface area is 87.6 Å². The zero-order valence-corrected chi connectivity index (χ0v) is 8.44. The summed E-state index contributed by atoms with van der Waals surface area (Å²) in [7, 11) is 1.86. The highest BCUT2D eigenvalue weighted by atomic mass is 19.1. The summed E-state index contributed by atoms with van der Waals surface area (Å²) in [6, 6.07) is 6.35. The lowest BCUT2D eigenvalue weighted by molar-refractivity contribution is 0.627. The minimum atomic E-state index is -0.228. The zero-order chi connectivity index (χ0) is 10.7. The first-order chi connectivity index (χ1) is 7.31. The largest absolute Gasteiger partial charge is 0.313 e. The lowest BCUT2D eigenvalue weighted by atomic mass is 10.3. The van der Waals surface area contributed by atoms with Gasteiger partial charge in [-0.05, 0) is 31.3 Å². The molecule has 2 rings (SSSR count). The lowest BCUT2D eigenvalue weighted by Gasteiger charge is -2.06. The van der Waals surface area contributed by atoms with Crippen LogP contribution in [0.2, 0.25) is 0 Å². The number of halogens is 1. The van der Waals surface area contributed by atoms with Gasteiger partial charge in [0.1, 0.15) is 11.6 Å². The summed E-state index contributed by atoms with van der Waals surface area (Å²) in [5, 5.41) is 3.03. The van der Waals surface area contributed by atoms with Gasteiger partial charge in [0.15, 0.2) is 0 Å². The SMILES string of the molecule is CNCc1nccn1-c1ccc(F)cc1. The van der Waals surface area contributed by atoms with Crippen molar-refractivity contribution < 1.29 is 4.39 Å². The van der Waals surface area contributed by atoms with Crippen LogP contribution in [0.5, 0.6) is 0 Å². The molecule has 1 N–H and O–H groups in total. The number of nitrogens with zero attached hydrogens (tertiary/aromatic N) is 2. The zero-order valence-electron chi connectivity index (χ0n) is 8.44. The molecule has 0 saturated heterocycles. The Kier molecular flexibility index (Phi) is 2.78. The van der Waals surface area contributed by atoms with Crippen LogP contribution in [-0.4, -0.2) is 16.6 Å². The van der Waals surface area contributed by atoms with Crippen molar-refractivity contribution in [2.75, 3.05) is 7.05 Å². The van der Waals surface area contributed by atoms with E-state index in [9.17, 15) is 4.39 Å². The van der Waals surface area contributed by atoms with Crippen LogP contribution in [0.15, 0.2) is 36.7 Å². The molecule has 0 unspecified atom stereocenters. The van der Waals surface area contributed by atoms with E-state index in [4.69, 9.17) is 0 Å². The monoisotopic (exact) mass is 205 g/mol. The molecule has 2 aromatic rings. The number of imidazole rings is 1. The molecule has 0 aliphatic heterocycles. The first-order valence-electron chi connectivity index (χ1n) is 4.74. The average Bonchev–Trinajstić information content (AvgIpc) is 2.68. The van der Waals surface area contributed by atoms with Crippen LogP contribution in [-0.2, 0) is 6.54 Å². The van der Waals surface area contributed by atoms with Crippen molar-refractivity contribution >= 4 is 0 Å². The molecule has 0 saturated carbocycles. The Morgan fingerprint density at radius 2 is 2.07 bits per heavy atom. The second kappa shape index (κ2) is 4.23. The van der Waals surface area contributed by atoms with Crippen molar-refractivity contribution in [1.82, 2.24) is 14.9 Å². The Hall–Kier alpha value is -1.68. The minimum Gasteiger partial charge on any atom is -0.313 e. The van der Waals surface area contributed by atoms with Crippen LogP contribution in [0.1, 0.15) is 5.82 Å². The van der Waals surface area contributed by atoms with Gasteiger partial charge in [-0.2, -0.15) is 0 Å². The lowest BCUT2D eigenvalue weighted by Crippen LogP contribution is -2.11. The highest BCUT2D eigenvalue weighted by Crippen LogP contribution is 2.11. The van der Waals surface area contributed by atoms with Crippen molar-refractivity contribution in [3.05, 3.63) is 48.3 Å². The maximum Gasteiger partial charge on any atom is 0.127 e. The molecule has 0 spiro atoms. The first kappa shape index (κ1) is 9.86. The fourth-order valence-corrected chi connectivity index (χ4v) is 1.46. The van der Waals surface area contributed by atoms with Gasteiger partial charge < -0.3 is 9.88 Å². The smallest absolute Gasteiger partial charge is 0.127 e. The first-order valence-corrected chi connectivity index (χ1v) is 4.74. The van der Waals surface area contributed by atoms with Crippen molar-refractivity contribution in [3.8, 4) is 5.69 Å². The maximum absolute atomic E-state index is 12.7. The van der Waals surface area contributed by atoms with Gasteiger partial charge in [-0.1, -0.05) is 0 Å². The highest BCUT2D eigenvalue weighted by molar-refractivity contribution is 5.33. The molecule has 1 aromatic carbocycles. The van der Waals surface area contributed by atoms with Gasteiger partial charge in [-0.25, -0.2) is 9.37 Å². The van der Waals surface area contributed by atoms with E-state index < -0.39 is 0 Å². The molecule has 3 nitrogen and oxygen atoms in total. The number of hydrogen-bond donors (Lipinski definition) is 1. The average molecular weight is 205 g/mol. The van der Waals surface area contributed by atoms with Gasteiger partial charge in [0.2, 0.25) is 0 Å². The summed E-state index contributed by atoms with van der Waals surface area (Å²) in [4.78, 5) is 4.21. The fourth-order valence-electron chi connectivity index (χ4n) is 1.46. The summed E-state index contributed by atoms with van der Waals surface area (Å²) in [5.41, 5.74) is 0.916. The van der Waals surface area contributed by atoms with Crippen molar-refractivity contribution in [2.24, 2.45) is 0 Å². The van der Waals surface area contributed by atoms with E-state index in [1.54, 1.807) is 18.3 Å². The topological polar surface area (TPSA) is 29.9 Å². The molecule has 4 heteroatoms. The van der Waals surface area contributed by atoms with Crippen LogP contribution in [0, 0.1) is 5.82 Å². The number of nitrogens with one attached hydrogen (secondary N) is 1. The minimum absolute atomic E-state index is 0.228. The molecule has 0 aliphatic carbocycles. The van der Waals surface area contributed by atoms with E-state index in [2.05, 4.69) is 10.3 Å². The quantitative estimate of drug-likeness (QED) is 0.827. The van der Waals surface area contributed by atoms with Crippen LogP contribution in [0.4, 0.5) is 4.39 Å². The molecule has 78 valence electrons. The standard InChI is InChI=1S/C11H12FN3/c1-13-8-11-14-6-7-15(11)10-4-2-9(12)3-5-10/h2-7,13H,8H2,1H3. The second-order valence-corrected chi connectivity index (χ2v) is 3.22. The molecule has 1 heterocycles. The highest BCUT2D eigenvalue weighted by Gasteiger charge is 2.03. The van der Waals surface area contributed by atoms with Gasteiger partial charge in [0, 0.05) is 18.1 Å². The van der Waals surface area contributed by atoms with E-state index in [0.29, 0.717) is 6.54 Å². The molecule has 0 aliphatic rings. The molecule has 1 aromatic heterocycles.